The molecule has 5 nitrogen and oxygen atoms in total. The first-order valence-corrected chi connectivity index (χ1v) is 9.66. The van der Waals surface area contributed by atoms with E-state index in [4.69, 9.17) is 9.73 Å². The smallest absolute Gasteiger partial charge is 0.302 e. The molecule has 1 aromatic rings. The molecule has 4 unspecified atom stereocenters. The molecule has 5 heteroatoms. The molecule has 26 heavy (non-hydrogen) atoms. The Hall–Kier alpha value is -2.01. The Bertz CT molecular complexity index is 880. The van der Waals surface area contributed by atoms with Crippen molar-refractivity contribution in [2.45, 2.75) is 56.3 Å². The second-order valence-corrected chi connectivity index (χ2v) is 8.68. The van der Waals surface area contributed by atoms with Crippen molar-refractivity contribution in [2.24, 2.45) is 22.7 Å². The zero-order valence-electron chi connectivity index (χ0n) is 15.0. The molecule has 1 aromatic carbocycles. The minimum Gasteiger partial charge on any atom is -0.461 e. The molecule has 6 aliphatic rings. The van der Waals surface area contributed by atoms with E-state index in [0.29, 0.717) is 6.04 Å². The summed E-state index contributed by atoms with van der Waals surface area (Å²) in [7, 11) is 0. The molecule has 4 saturated heterocycles. The number of aldehydes is 1. The van der Waals surface area contributed by atoms with Gasteiger partial charge in [-0.1, -0.05) is 18.2 Å². The minimum absolute atomic E-state index is 0.0235. The van der Waals surface area contributed by atoms with Crippen molar-refractivity contribution in [3.8, 4) is 0 Å². The summed E-state index contributed by atoms with van der Waals surface area (Å²) in [5, 5.41) is 0. The Morgan fingerprint density at radius 1 is 1.38 bits per heavy atom. The molecule has 0 amide bonds. The quantitative estimate of drug-likeness (QED) is 0.606. The Labute approximate surface area is 152 Å². The van der Waals surface area contributed by atoms with Crippen LogP contribution in [0.1, 0.15) is 32.3 Å². The molecular formula is C21H22N2O3. The van der Waals surface area contributed by atoms with E-state index in [1.807, 2.05) is 6.07 Å². The van der Waals surface area contributed by atoms with E-state index in [1.165, 1.54) is 18.2 Å². The molecule has 1 spiro atoms. The maximum atomic E-state index is 12.0. The number of para-hydroxylation sites is 1. The molecule has 5 heterocycles. The molecule has 0 N–H and O–H groups in total. The van der Waals surface area contributed by atoms with Crippen molar-refractivity contribution in [1.29, 1.82) is 0 Å². The van der Waals surface area contributed by atoms with Gasteiger partial charge >= 0.3 is 5.97 Å². The van der Waals surface area contributed by atoms with Gasteiger partial charge in [-0.15, -0.1) is 0 Å². The third-order valence-corrected chi connectivity index (χ3v) is 7.91. The minimum atomic E-state index is -0.287. The summed E-state index contributed by atoms with van der Waals surface area (Å²) in [6.45, 7) is 3.69. The largest absolute Gasteiger partial charge is 0.461 e. The predicted molar refractivity (Wildman–Crippen MR) is 95.4 cm³/mol. The van der Waals surface area contributed by atoms with Crippen molar-refractivity contribution in [2.75, 3.05) is 0 Å². The van der Waals surface area contributed by atoms with Gasteiger partial charge in [0.25, 0.3) is 0 Å². The summed E-state index contributed by atoms with van der Waals surface area (Å²) in [6.07, 6.45) is 2.85. The highest BCUT2D eigenvalue weighted by molar-refractivity contribution is 6.08. The number of ether oxygens (including phenoxy) is 1. The molecule has 0 aromatic heterocycles. The zero-order chi connectivity index (χ0) is 17.8. The van der Waals surface area contributed by atoms with E-state index in [1.54, 1.807) is 0 Å². The Kier molecular flexibility index (Phi) is 2.69. The number of rotatable bonds is 2. The fourth-order valence-electron chi connectivity index (χ4n) is 7.28. The number of carbonyl (C=O) groups excluding carboxylic acids is 2. The fraction of sp³-hybridized carbons (Fsp3) is 0.571. The molecule has 1 saturated carbocycles. The second kappa shape index (κ2) is 4.63. The summed E-state index contributed by atoms with van der Waals surface area (Å²) in [4.78, 5) is 31.5. The molecule has 1 aliphatic carbocycles. The number of piperidine rings is 4. The highest BCUT2D eigenvalue weighted by atomic mass is 16.5. The number of fused-ring (bicyclic) bond motifs is 2. The van der Waals surface area contributed by atoms with Crippen LogP contribution in [0.15, 0.2) is 29.3 Å². The topological polar surface area (TPSA) is 59.0 Å². The fourth-order valence-corrected chi connectivity index (χ4v) is 7.28. The lowest BCUT2D eigenvalue weighted by Gasteiger charge is -2.60. The van der Waals surface area contributed by atoms with Gasteiger partial charge in [-0.25, -0.2) is 0 Å². The molecule has 0 radical (unpaired) electrons. The molecule has 5 fully saturated rings. The van der Waals surface area contributed by atoms with Crippen LogP contribution in [0.4, 0.5) is 5.69 Å². The number of aliphatic imine (C=N–C) groups is 1. The van der Waals surface area contributed by atoms with Crippen LogP contribution in [0.3, 0.4) is 0 Å². The van der Waals surface area contributed by atoms with E-state index in [0.717, 1.165) is 24.8 Å². The van der Waals surface area contributed by atoms with Crippen LogP contribution >= 0.6 is 0 Å². The van der Waals surface area contributed by atoms with Crippen molar-refractivity contribution < 1.29 is 14.3 Å². The SMILES string of the molecule is CC(=O)O[C@@H]1[C@H]2[C@H]3CC4C5=Nc6ccccc6C51C[C@@H]2N4[C@@H](C)C3C=O. The van der Waals surface area contributed by atoms with Gasteiger partial charge in [0, 0.05) is 30.8 Å². The van der Waals surface area contributed by atoms with Crippen LogP contribution in [-0.2, 0) is 19.7 Å². The lowest BCUT2D eigenvalue weighted by Crippen LogP contribution is -2.69. The Balaban J connectivity index is 1.61. The molecule has 134 valence electrons. The van der Waals surface area contributed by atoms with E-state index in [9.17, 15) is 9.59 Å². The highest BCUT2D eigenvalue weighted by Crippen LogP contribution is 2.67. The number of hydrogen-bond acceptors (Lipinski definition) is 5. The standard InChI is InChI=1S/C21H22N2O3/c1-10-13(9-24)12-7-16-19-21(14-5-3-4-6-15(14)22-19)8-17(23(10)16)18(12)20(21)26-11(2)25/h3-6,9-10,12-13,16-18,20H,7-8H2,1-2H3/t10-,12-,13?,16?,17-,18-,20+,21?/m0/s1. The summed E-state index contributed by atoms with van der Waals surface area (Å²) in [5.41, 5.74) is 3.15. The van der Waals surface area contributed by atoms with Gasteiger partial charge in [-0.05, 0) is 37.3 Å². The zero-order valence-corrected chi connectivity index (χ0v) is 15.0. The lowest BCUT2D eigenvalue weighted by atomic mass is 9.62. The number of benzene rings is 1. The number of hydrogen-bond donors (Lipinski definition) is 0. The van der Waals surface area contributed by atoms with Crippen LogP contribution in [0.5, 0.6) is 0 Å². The second-order valence-electron chi connectivity index (χ2n) is 8.68. The predicted octanol–water partition coefficient (Wildman–Crippen LogP) is 2.25. The van der Waals surface area contributed by atoms with Crippen LogP contribution in [0.25, 0.3) is 0 Å². The summed E-state index contributed by atoms with van der Waals surface area (Å²) >= 11 is 0. The number of esters is 1. The molecule has 5 aliphatic heterocycles. The summed E-state index contributed by atoms with van der Waals surface area (Å²) in [5.74, 6) is 0.299. The van der Waals surface area contributed by atoms with Gasteiger partial charge < -0.3 is 9.53 Å². The van der Waals surface area contributed by atoms with Crippen LogP contribution in [0.2, 0.25) is 0 Å². The van der Waals surface area contributed by atoms with Crippen LogP contribution in [0, 0.1) is 17.8 Å². The highest BCUT2D eigenvalue weighted by Gasteiger charge is 2.75. The molecule has 5 bridgehead atoms. The van der Waals surface area contributed by atoms with Crippen molar-refractivity contribution >= 4 is 23.7 Å². The third-order valence-electron chi connectivity index (χ3n) is 7.91. The molecule has 7 rings (SSSR count). The Morgan fingerprint density at radius 3 is 2.96 bits per heavy atom. The van der Waals surface area contributed by atoms with Gasteiger partial charge in [0.05, 0.1) is 22.9 Å². The average molecular weight is 350 g/mol. The van der Waals surface area contributed by atoms with E-state index in [2.05, 4.69) is 30.0 Å². The van der Waals surface area contributed by atoms with Crippen LogP contribution in [-0.4, -0.2) is 47.1 Å². The van der Waals surface area contributed by atoms with Gasteiger partial charge in [0.2, 0.25) is 0 Å². The summed E-state index contributed by atoms with van der Waals surface area (Å²) < 4.78 is 6.04. The maximum Gasteiger partial charge on any atom is 0.302 e. The maximum absolute atomic E-state index is 12.0. The average Bonchev–Trinajstić information content (AvgIpc) is 3.08. The first-order valence-electron chi connectivity index (χ1n) is 9.66. The van der Waals surface area contributed by atoms with E-state index < -0.39 is 0 Å². The van der Waals surface area contributed by atoms with Crippen molar-refractivity contribution in [3.63, 3.8) is 0 Å². The van der Waals surface area contributed by atoms with Gasteiger partial charge in [0.1, 0.15) is 12.4 Å². The lowest BCUT2D eigenvalue weighted by molar-refractivity contribution is -0.159. The van der Waals surface area contributed by atoms with E-state index in [-0.39, 0.29) is 47.3 Å². The van der Waals surface area contributed by atoms with Gasteiger partial charge in [-0.3, -0.25) is 14.7 Å². The Morgan fingerprint density at radius 2 is 2.19 bits per heavy atom. The van der Waals surface area contributed by atoms with E-state index >= 15 is 0 Å². The molecular weight excluding hydrogens is 328 g/mol. The first kappa shape index (κ1) is 15.1. The van der Waals surface area contributed by atoms with Crippen molar-refractivity contribution in [3.05, 3.63) is 29.8 Å². The van der Waals surface area contributed by atoms with Gasteiger partial charge in [-0.2, -0.15) is 0 Å². The van der Waals surface area contributed by atoms with Crippen LogP contribution < -0.4 is 0 Å². The third kappa shape index (κ3) is 1.44. The molecule has 9 atom stereocenters. The van der Waals surface area contributed by atoms with Gasteiger partial charge in [0.15, 0.2) is 0 Å². The number of carbonyl (C=O) groups is 2. The number of nitrogens with zero attached hydrogens (tertiary/aromatic N) is 2. The van der Waals surface area contributed by atoms with Crippen molar-refractivity contribution in [1.82, 2.24) is 4.90 Å². The monoisotopic (exact) mass is 350 g/mol. The normalized spacial score (nSPS) is 48.8. The summed E-state index contributed by atoms with van der Waals surface area (Å²) in [6, 6.07) is 9.21. The first-order chi connectivity index (χ1) is 12.6.